The van der Waals surface area contributed by atoms with Crippen molar-refractivity contribution in [3.05, 3.63) is 15.6 Å². The Morgan fingerprint density at radius 1 is 1.53 bits per heavy atom. The van der Waals surface area contributed by atoms with Gasteiger partial charge in [0, 0.05) is 4.88 Å². The van der Waals surface area contributed by atoms with E-state index in [-0.39, 0.29) is 11.9 Å². The van der Waals surface area contributed by atoms with E-state index in [1.54, 1.807) is 11.3 Å². The molecule has 94 valence electrons. The Morgan fingerprint density at radius 3 is 2.59 bits per heavy atom. The van der Waals surface area contributed by atoms with E-state index < -0.39 is 5.54 Å². The summed E-state index contributed by atoms with van der Waals surface area (Å²) in [7, 11) is 0. The summed E-state index contributed by atoms with van der Waals surface area (Å²) in [6.45, 7) is 5.94. The zero-order chi connectivity index (χ0) is 12.6. The van der Waals surface area contributed by atoms with Gasteiger partial charge in [-0.3, -0.25) is 4.79 Å². The van der Waals surface area contributed by atoms with E-state index in [0.717, 1.165) is 34.8 Å². The van der Waals surface area contributed by atoms with E-state index in [4.69, 9.17) is 5.73 Å². The van der Waals surface area contributed by atoms with Crippen molar-refractivity contribution in [1.29, 1.82) is 0 Å². The van der Waals surface area contributed by atoms with Gasteiger partial charge >= 0.3 is 0 Å². The quantitative estimate of drug-likeness (QED) is 0.863. The SMILES string of the molecule is Cc1nc(C)c(C(C)NC(=O)C2(N)CCC2)s1. The van der Waals surface area contributed by atoms with Crippen LogP contribution >= 0.6 is 11.3 Å². The largest absolute Gasteiger partial charge is 0.347 e. The van der Waals surface area contributed by atoms with Crippen LogP contribution in [0.1, 0.15) is 47.8 Å². The number of thiazole rings is 1. The van der Waals surface area contributed by atoms with E-state index in [2.05, 4.69) is 10.3 Å². The average Bonchev–Trinajstić information content (AvgIpc) is 2.54. The van der Waals surface area contributed by atoms with E-state index in [1.807, 2.05) is 20.8 Å². The Kier molecular flexibility index (Phi) is 3.23. The van der Waals surface area contributed by atoms with Gasteiger partial charge in [-0.05, 0) is 40.0 Å². The number of nitrogens with zero attached hydrogens (tertiary/aromatic N) is 1. The van der Waals surface area contributed by atoms with Crippen molar-refractivity contribution in [3.8, 4) is 0 Å². The number of rotatable bonds is 3. The van der Waals surface area contributed by atoms with Crippen LogP contribution in [0.4, 0.5) is 0 Å². The molecule has 1 heterocycles. The molecule has 1 aromatic heterocycles. The fourth-order valence-corrected chi connectivity index (χ4v) is 3.07. The van der Waals surface area contributed by atoms with Gasteiger partial charge in [-0.15, -0.1) is 11.3 Å². The molecule has 2 rings (SSSR count). The summed E-state index contributed by atoms with van der Waals surface area (Å²) >= 11 is 1.63. The van der Waals surface area contributed by atoms with Crippen molar-refractivity contribution in [2.45, 2.75) is 51.6 Å². The normalized spacial score (nSPS) is 19.5. The molecule has 4 nitrogen and oxygen atoms in total. The van der Waals surface area contributed by atoms with Gasteiger partial charge in [-0.1, -0.05) is 0 Å². The van der Waals surface area contributed by atoms with Crippen LogP contribution in [0, 0.1) is 13.8 Å². The lowest BCUT2D eigenvalue weighted by atomic mass is 9.77. The molecular formula is C12H19N3OS. The minimum atomic E-state index is -0.623. The van der Waals surface area contributed by atoms with Crippen LogP contribution in [0.15, 0.2) is 0 Å². The second kappa shape index (κ2) is 4.38. The molecule has 1 aliphatic rings. The molecule has 0 aliphatic heterocycles. The van der Waals surface area contributed by atoms with E-state index >= 15 is 0 Å². The average molecular weight is 253 g/mol. The number of carbonyl (C=O) groups is 1. The summed E-state index contributed by atoms with van der Waals surface area (Å²) in [5.41, 5.74) is 6.37. The third-order valence-corrected chi connectivity index (χ3v) is 4.63. The molecule has 1 unspecified atom stereocenters. The molecule has 0 saturated heterocycles. The van der Waals surface area contributed by atoms with Crippen molar-refractivity contribution in [2.24, 2.45) is 5.73 Å². The second-order valence-electron chi connectivity index (χ2n) is 4.89. The van der Waals surface area contributed by atoms with E-state index in [0.29, 0.717) is 0 Å². The van der Waals surface area contributed by atoms with Crippen LogP contribution in [-0.2, 0) is 4.79 Å². The summed E-state index contributed by atoms with van der Waals surface area (Å²) in [6.07, 6.45) is 2.65. The molecule has 0 spiro atoms. The van der Waals surface area contributed by atoms with Gasteiger partial charge in [0.2, 0.25) is 5.91 Å². The van der Waals surface area contributed by atoms with Gasteiger partial charge in [0.25, 0.3) is 0 Å². The summed E-state index contributed by atoms with van der Waals surface area (Å²) < 4.78 is 0. The zero-order valence-electron chi connectivity index (χ0n) is 10.5. The highest BCUT2D eigenvalue weighted by Gasteiger charge is 2.40. The van der Waals surface area contributed by atoms with Gasteiger partial charge in [-0.25, -0.2) is 4.98 Å². The molecule has 1 aromatic rings. The lowest BCUT2D eigenvalue weighted by Crippen LogP contribution is -2.58. The van der Waals surface area contributed by atoms with Crippen molar-refractivity contribution in [2.75, 3.05) is 0 Å². The molecule has 1 atom stereocenters. The monoisotopic (exact) mass is 253 g/mol. The number of aryl methyl sites for hydroxylation is 2. The molecule has 1 fully saturated rings. The summed E-state index contributed by atoms with van der Waals surface area (Å²) in [6, 6.07) is -0.00488. The maximum absolute atomic E-state index is 12.0. The lowest BCUT2D eigenvalue weighted by molar-refractivity contribution is -0.129. The summed E-state index contributed by atoms with van der Waals surface area (Å²) in [5, 5.41) is 4.03. The smallest absolute Gasteiger partial charge is 0.240 e. The number of hydrogen-bond acceptors (Lipinski definition) is 4. The van der Waals surface area contributed by atoms with Gasteiger partial charge < -0.3 is 11.1 Å². The van der Waals surface area contributed by atoms with Gasteiger partial charge in [0.05, 0.1) is 22.3 Å². The predicted molar refractivity (Wildman–Crippen MR) is 68.9 cm³/mol. The molecule has 1 aliphatic carbocycles. The molecule has 0 bridgehead atoms. The minimum absolute atomic E-state index is 0.00488. The number of aromatic nitrogens is 1. The fraction of sp³-hybridized carbons (Fsp3) is 0.667. The second-order valence-corrected chi connectivity index (χ2v) is 6.12. The summed E-state index contributed by atoms with van der Waals surface area (Å²) in [4.78, 5) is 17.5. The molecular weight excluding hydrogens is 234 g/mol. The molecule has 17 heavy (non-hydrogen) atoms. The van der Waals surface area contributed by atoms with Crippen LogP contribution < -0.4 is 11.1 Å². The van der Waals surface area contributed by atoms with Crippen molar-refractivity contribution >= 4 is 17.2 Å². The van der Waals surface area contributed by atoms with Crippen molar-refractivity contribution < 1.29 is 4.79 Å². The highest BCUT2D eigenvalue weighted by molar-refractivity contribution is 7.11. The van der Waals surface area contributed by atoms with Gasteiger partial charge in [0.1, 0.15) is 0 Å². The van der Waals surface area contributed by atoms with Crippen LogP contribution in [-0.4, -0.2) is 16.4 Å². The Morgan fingerprint density at radius 2 is 2.18 bits per heavy atom. The number of amides is 1. The Balaban J connectivity index is 2.04. The van der Waals surface area contributed by atoms with Crippen molar-refractivity contribution in [3.63, 3.8) is 0 Å². The maximum atomic E-state index is 12.0. The molecule has 0 aromatic carbocycles. The number of nitrogens with one attached hydrogen (secondary N) is 1. The molecule has 0 radical (unpaired) electrons. The molecule has 1 amide bonds. The molecule has 1 saturated carbocycles. The van der Waals surface area contributed by atoms with Gasteiger partial charge in [0.15, 0.2) is 0 Å². The molecule has 3 N–H and O–H groups in total. The van der Waals surface area contributed by atoms with Crippen LogP contribution in [0.25, 0.3) is 0 Å². The lowest BCUT2D eigenvalue weighted by Gasteiger charge is -2.37. The topological polar surface area (TPSA) is 68.0 Å². The van der Waals surface area contributed by atoms with Crippen LogP contribution in [0.3, 0.4) is 0 Å². The van der Waals surface area contributed by atoms with Gasteiger partial charge in [-0.2, -0.15) is 0 Å². The number of nitrogens with two attached hydrogens (primary N) is 1. The maximum Gasteiger partial charge on any atom is 0.240 e. The number of hydrogen-bond donors (Lipinski definition) is 2. The first kappa shape index (κ1) is 12.5. The third-order valence-electron chi connectivity index (χ3n) is 3.38. The third kappa shape index (κ3) is 2.35. The Labute approximate surface area is 106 Å². The van der Waals surface area contributed by atoms with Crippen LogP contribution in [0.2, 0.25) is 0 Å². The molecule has 5 heteroatoms. The van der Waals surface area contributed by atoms with E-state index in [1.165, 1.54) is 0 Å². The van der Waals surface area contributed by atoms with E-state index in [9.17, 15) is 4.79 Å². The summed E-state index contributed by atoms with van der Waals surface area (Å²) in [5.74, 6) is -0.0262. The highest BCUT2D eigenvalue weighted by Crippen LogP contribution is 2.31. The van der Waals surface area contributed by atoms with Crippen molar-refractivity contribution in [1.82, 2.24) is 10.3 Å². The standard InChI is InChI=1S/C12H19N3OS/c1-7-10(17-9(3)14-7)8(2)15-11(16)12(13)5-4-6-12/h8H,4-6,13H2,1-3H3,(H,15,16). The fourth-order valence-electron chi connectivity index (χ4n) is 2.14. The minimum Gasteiger partial charge on any atom is -0.347 e. The first-order valence-electron chi connectivity index (χ1n) is 5.96. The predicted octanol–water partition coefficient (Wildman–Crippen LogP) is 1.82. The Hall–Kier alpha value is -0.940. The zero-order valence-corrected chi connectivity index (χ0v) is 11.4. The highest BCUT2D eigenvalue weighted by atomic mass is 32.1. The van der Waals surface area contributed by atoms with Crippen LogP contribution in [0.5, 0.6) is 0 Å². The Bertz CT molecular complexity index is 437. The first-order chi connectivity index (χ1) is 7.92. The first-order valence-corrected chi connectivity index (χ1v) is 6.78. The number of carbonyl (C=O) groups excluding carboxylic acids is 1.